The second-order valence-corrected chi connectivity index (χ2v) is 7.13. The van der Waals surface area contributed by atoms with E-state index in [0.717, 1.165) is 25.9 Å². The summed E-state index contributed by atoms with van der Waals surface area (Å²) < 4.78 is 24.1. The Bertz CT molecular complexity index is 580. The average molecular weight is 295 g/mol. The Labute approximate surface area is 120 Å². The summed E-state index contributed by atoms with van der Waals surface area (Å²) in [6.07, 6.45) is 3.52. The number of aryl methyl sites for hydroxylation is 1. The Balaban J connectivity index is 1.74. The van der Waals surface area contributed by atoms with E-state index in [0.29, 0.717) is 19.1 Å². The van der Waals surface area contributed by atoms with Gasteiger partial charge in [0.05, 0.1) is 0 Å². The first-order valence-electron chi connectivity index (χ1n) is 7.15. The number of fused-ring (bicyclic) bond motifs is 1. The van der Waals surface area contributed by atoms with Crippen molar-refractivity contribution in [1.29, 1.82) is 0 Å². The van der Waals surface area contributed by atoms with Crippen molar-refractivity contribution in [2.24, 2.45) is 5.14 Å². The Kier molecular flexibility index (Phi) is 3.81. The van der Waals surface area contributed by atoms with Crippen molar-refractivity contribution in [1.82, 2.24) is 9.21 Å². The lowest BCUT2D eigenvalue weighted by molar-refractivity contribution is 0.125. The molecule has 1 aromatic rings. The SMILES string of the molecule is NS(=O)(=O)N1CCN([C@H]2CCCc3ccccc32)CC1. The van der Waals surface area contributed by atoms with Gasteiger partial charge in [0.15, 0.2) is 0 Å². The molecular formula is C14H21N3O2S. The van der Waals surface area contributed by atoms with Gasteiger partial charge in [-0.05, 0) is 30.4 Å². The van der Waals surface area contributed by atoms with E-state index in [2.05, 4.69) is 29.2 Å². The number of nitrogens with zero attached hydrogens (tertiary/aromatic N) is 2. The van der Waals surface area contributed by atoms with E-state index in [4.69, 9.17) is 5.14 Å². The molecule has 0 radical (unpaired) electrons. The summed E-state index contributed by atoms with van der Waals surface area (Å²) in [6.45, 7) is 2.51. The van der Waals surface area contributed by atoms with Crippen LogP contribution >= 0.6 is 0 Å². The van der Waals surface area contributed by atoms with Gasteiger partial charge in [-0.25, -0.2) is 5.14 Å². The Morgan fingerprint density at radius 3 is 2.50 bits per heavy atom. The highest BCUT2D eigenvalue weighted by Crippen LogP contribution is 2.34. The summed E-state index contributed by atoms with van der Waals surface area (Å²) in [5.41, 5.74) is 2.86. The molecule has 20 heavy (non-hydrogen) atoms. The second kappa shape index (κ2) is 5.44. The summed E-state index contributed by atoms with van der Waals surface area (Å²) in [7, 11) is -3.53. The van der Waals surface area contributed by atoms with Gasteiger partial charge in [-0.1, -0.05) is 24.3 Å². The molecule has 1 atom stereocenters. The van der Waals surface area contributed by atoms with Crippen molar-refractivity contribution in [3.05, 3.63) is 35.4 Å². The molecule has 2 aliphatic rings. The molecule has 1 heterocycles. The minimum absolute atomic E-state index is 0.433. The van der Waals surface area contributed by atoms with E-state index in [1.807, 2.05) is 0 Å². The van der Waals surface area contributed by atoms with E-state index in [9.17, 15) is 8.42 Å². The summed E-state index contributed by atoms with van der Waals surface area (Å²) in [4.78, 5) is 2.40. The lowest BCUT2D eigenvalue weighted by atomic mass is 9.86. The van der Waals surface area contributed by atoms with E-state index >= 15 is 0 Å². The zero-order valence-corrected chi connectivity index (χ0v) is 12.3. The van der Waals surface area contributed by atoms with Gasteiger partial charge in [0.2, 0.25) is 0 Å². The van der Waals surface area contributed by atoms with Gasteiger partial charge >= 0.3 is 0 Å². The van der Waals surface area contributed by atoms with Crippen molar-refractivity contribution in [2.45, 2.75) is 25.3 Å². The van der Waals surface area contributed by atoms with Gasteiger partial charge in [-0.3, -0.25) is 4.90 Å². The van der Waals surface area contributed by atoms with Gasteiger partial charge in [0.1, 0.15) is 0 Å². The number of hydrogen-bond donors (Lipinski definition) is 1. The van der Waals surface area contributed by atoms with Crippen molar-refractivity contribution < 1.29 is 8.42 Å². The molecule has 1 aromatic carbocycles. The molecule has 0 saturated carbocycles. The van der Waals surface area contributed by atoms with Crippen LogP contribution in [0.2, 0.25) is 0 Å². The van der Waals surface area contributed by atoms with Crippen LogP contribution in [0.15, 0.2) is 24.3 Å². The summed E-state index contributed by atoms with van der Waals surface area (Å²) in [6, 6.07) is 9.05. The molecule has 0 amide bonds. The van der Waals surface area contributed by atoms with Crippen LogP contribution in [0, 0.1) is 0 Å². The predicted octanol–water partition coefficient (Wildman–Crippen LogP) is 0.885. The molecule has 2 N–H and O–H groups in total. The van der Waals surface area contributed by atoms with Gasteiger partial charge in [0, 0.05) is 32.2 Å². The molecule has 0 unspecified atom stereocenters. The van der Waals surface area contributed by atoms with Crippen LogP contribution in [-0.2, 0) is 16.6 Å². The van der Waals surface area contributed by atoms with Crippen molar-refractivity contribution in [3.8, 4) is 0 Å². The minimum Gasteiger partial charge on any atom is -0.294 e. The van der Waals surface area contributed by atoms with Crippen LogP contribution in [0.5, 0.6) is 0 Å². The topological polar surface area (TPSA) is 66.6 Å². The van der Waals surface area contributed by atoms with Crippen molar-refractivity contribution in [2.75, 3.05) is 26.2 Å². The van der Waals surface area contributed by atoms with Gasteiger partial charge in [-0.15, -0.1) is 0 Å². The van der Waals surface area contributed by atoms with Gasteiger partial charge in [-0.2, -0.15) is 12.7 Å². The third-order valence-corrected chi connectivity index (χ3v) is 5.50. The molecule has 3 rings (SSSR count). The molecule has 1 saturated heterocycles. The van der Waals surface area contributed by atoms with E-state index in [1.54, 1.807) is 0 Å². The fourth-order valence-electron chi connectivity index (χ4n) is 3.38. The van der Waals surface area contributed by atoms with Gasteiger partial charge in [0.25, 0.3) is 10.2 Å². The standard InChI is InChI=1S/C14H21N3O2S/c15-20(18,19)17-10-8-16(9-11-17)14-7-3-5-12-4-1-2-6-13(12)14/h1-2,4,6,14H,3,5,7-11H2,(H2,15,18,19)/t14-/m0/s1. The lowest BCUT2D eigenvalue weighted by Crippen LogP contribution is -2.51. The molecule has 0 spiro atoms. The fraction of sp³-hybridized carbons (Fsp3) is 0.571. The summed E-state index contributed by atoms with van der Waals surface area (Å²) in [5.74, 6) is 0. The molecular weight excluding hydrogens is 274 g/mol. The number of benzene rings is 1. The van der Waals surface area contributed by atoms with Crippen molar-refractivity contribution >= 4 is 10.2 Å². The van der Waals surface area contributed by atoms with E-state index in [1.165, 1.54) is 21.9 Å². The number of piperazine rings is 1. The first-order chi connectivity index (χ1) is 9.55. The average Bonchev–Trinajstić information content (AvgIpc) is 2.46. The minimum atomic E-state index is -3.53. The molecule has 6 heteroatoms. The largest absolute Gasteiger partial charge is 0.294 e. The zero-order chi connectivity index (χ0) is 14.2. The highest BCUT2D eigenvalue weighted by Gasteiger charge is 2.30. The Morgan fingerprint density at radius 2 is 1.80 bits per heavy atom. The van der Waals surface area contributed by atoms with Crippen LogP contribution in [0.1, 0.15) is 30.0 Å². The first kappa shape index (κ1) is 14.0. The van der Waals surface area contributed by atoms with Crippen LogP contribution in [0.3, 0.4) is 0 Å². The number of nitrogens with two attached hydrogens (primary N) is 1. The molecule has 5 nitrogen and oxygen atoms in total. The third-order valence-electron chi connectivity index (χ3n) is 4.41. The molecule has 0 aromatic heterocycles. The first-order valence-corrected chi connectivity index (χ1v) is 8.66. The predicted molar refractivity (Wildman–Crippen MR) is 78.4 cm³/mol. The van der Waals surface area contributed by atoms with Crippen molar-refractivity contribution in [3.63, 3.8) is 0 Å². The molecule has 0 bridgehead atoms. The maximum absolute atomic E-state index is 11.4. The Morgan fingerprint density at radius 1 is 1.10 bits per heavy atom. The zero-order valence-electron chi connectivity index (χ0n) is 11.5. The van der Waals surface area contributed by atoms with Crippen LogP contribution in [-0.4, -0.2) is 43.8 Å². The smallest absolute Gasteiger partial charge is 0.276 e. The summed E-state index contributed by atoms with van der Waals surface area (Å²) >= 11 is 0. The highest BCUT2D eigenvalue weighted by molar-refractivity contribution is 7.86. The normalized spacial score (nSPS) is 25.4. The van der Waals surface area contributed by atoms with Crippen LogP contribution < -0.4 is 5.14 Å². The second-order valence-electron chi connectivity index (χ2n) is 5.59. The number of rotatable bonds is 2. The molecule has 1 aliphatic heterocycles. The molecule has 1 aliphatic carbocycles. The Hall–Kier alpha value is -0.950. The van der Waals surface area contributed by atoms with E-state index in [-0.39, 0.29) is 0 Å². The van der Waals surface area contributed by atoms with Gasteiger partial charge < -0.3 is 0 Å². The lowest BCUT2D eigenvalue weighted by Gasteiger charge is -2.40. The number of hydrogen-bond acceptors (Lipinski definition) is 3. The monoisotopic (exact) mass is 295 g/mol. The van der Waals surface area contributed by atoms with E-state index < -0.39 is 10.2 Å². The molecule has 1 fully saturated rings. The molecule has 110 valence electrons. The quantitative estimate of drug-likeness (QED) is 0.881. The maximum Gasteiger partial charge on any atom is 0.276 e. The highest BCUT2D eigenvalue weighted by atomic mass is 32.2. The maximum atomic E-state index is 11.4. The van der Waals surface area contributed by atoms with Crippen LogP contribution in [0.4, 0.5) is 0 Å². The summed E-state index contributed by atoms with van der Waals surface area (Å²) in [5, 5.41) is 5.19. The third kappa shape index (κ3) is 2.74. The fourth-order valence-corrected chi connectivity index (χ4v) is 4.05. The van der Waals surface area contributed by atoms with Crippen LogP contribution in [0.25, 0.3) is 0 Å².